The molecule has 2 aromatic carbocycles. The Balaban J connectivity index is 1.65. The van der Waals surface area contributed by atoms with Gasteiger partial charge in [0.1, 0.15) is 11.6 Å². The average molecular weight is 489 g/mol. The summed E-state index contributed by atoms with van der Waals surface area (Å²) in [4.78, 5) is 33.2. The molecule has 2 aliphatic rings. The molecule has 2 heterocycles. The van der Waals surface area contributed by atoms with Gasteiger partial charge in [-0.05, 0) is 49.1 Å². The molecule has 10 heteroatoms. The third kappa shape index (κ3) is 5.55. The van der Waals surface area contributed by atoms with Crippen molar-refractivity contribution in [2.45, 2.75) is 44.6 Å². The molecule has 1 saturated heterocycles. The van der Waals surface area contributed by atoms with E-state index >= 15 is 0 Å². The fourth-order valence-electron chi connectivity index (χ4n) is 4.26. The predicted molar refractivity (Wildman–Crippen MR) is 123 cm³/mol. The highest BCUT2D eigenvalue weighted by Crippen LogP contribution is 2.39. The van der Waals surface area contributed by atoms with E-state index in [2.05, 4.69) is 5.48 Å². The van der Waals surface area contributed by atoms with Gasteiger partial charge >= 0.3 is 5.97 Å². The van der Waals surface area contributed by atoms with E-state index in [1.165, 1.54) is 30.2 Å². The van der Waals surface area contributed by atoms with E-state index in [-0.39, 0.29) is 31.1 Å². The molecule has 4 rings (SSSR count). The van der Waals surface area contributed by atoms with Crippen molar-refractivity contribution >= 4 is 17.6 Å². The summed E-state index contributed by atoms with van der Waals surface area (Å²) in [5, 5.41) is 8.93. The minimum Gasteiger partial charge on any atom is -0.467 e. The molecule has 188 valence electrons. The highest BCUT2D eigenvalue weighted by molar-refractivity contribution is 6.05. The van der Waals surface area contributed by atoms with Gasteiger partial charge in [-0.1, -0.05) is 12.1 Å². The van der Waals surface area contributed by atoms with Crippen molar-refractivity contribution in [2.24, 2.45) is 0 Å². The van der Waals surface area contributed by atoms with Crippen LogP contribution in [0.1, 0.15) is 53.2 Å². The number of nitrogens with one attached hydrogen (secondary N) is 1. The SMILES string of the molecule is COC(=O)C(c1cc(F)ccc1OC1CCCCO1)N1Cc2cccc(NOCCCO)c2C1=O. The molecule has 2 atom stereocenters. The first-order valence-corrected chi connectivity index (χ1v) is 11.6. The second kappa shape index (κ2) is 11.5. The molecule has 2 N–H and O–H groups in total. The van der Waals surface area contributed by atoms with E-state index in [0.29, 0.717) is 36.3 Å². The van der Waals surface area contributed by atoms with Gasteiger partial charge in [0.05, 0.1) is 31.6 Å². The van der Waals surface area contributed by atoms with Crippen LogP contribution in [0.2, 0.25) is 0 Å². The summed E-state index contributed by atoms with van der Waals surface area (Å²) < 4.78 is 31.1. The molecule has 2 unspecified atom stereocenters. The Morgan fingerprint density at radius 3 is 2.91 bits per heavy atom. The number of anilines is 1. The molecule has 0 saturated carbocycles. The van der Waals surface area contributed by atoms with Gasteiger partial charge in [0.25, 0.3) is 5.91 Å². The molecular weight excluding hydrogens is 459 g/mol. The van der Waals surface area contributed by atoms with E-state index in [1.807, 2.05) is 0 Å². The Hall–Kier alpha value is -3.21. The van der Waals surface area contributed by atoms with Gasteiger partial charge in [0, 0.05) is 25.1 Å². The topological polar surface area (TPSA) is 107 Å². The number of nitrogens with zero attached hydrogens (tertiary/aromatic N) is 1. The van der Waals surface area contributed by atoms with Crippen LogP contribution in [0.15, 0.2) is 36.4 Å². The maximum Gasteiger partial charge on any atom is 0.333 e. The molecule has 0 bridgehead atoms. The van der Waals surface area contributed by atoms with E-state index in [0.717, 1.165) is 12.8 Å². The lowest BCUT2D eigenvalue weighted by molar-refractivity contribution is -0.146. The number of carbonyl (C=O) groups is 2. The largest absolute Gasteiger partial charge is 0.467 e. The van der Waals surface area contributed by atoms with Crippen molar-refractivity contribution in [3.05, 3.63) is 58.9 Å². The van der Waals surface area contributed by atoms with Crippen molar-refractivity contribution in [2.75, 3.05) is 32.4 Å². The summed E-state index contributed by atoms with van der Waals surface area (Å²) in [7, 11) is 1.22. The fourth-order valence-corrected chi connectivity index (χ4v) is 4.26. The Labute approximate surface area is 202 Å². The van der Waals surface area contributed by atoms with Crippen LogP contribution in [0.3, 0.4) is 0 Å². The minimum absolute atomic E-state index is 0.0218. The molecule has 2 aliphatic heterocycles. The quantitative estimate of drug-likeness (QED) is 0.298. The number of hydrogen-bond donors (Lipinski definition) is 2. The molecule has 2 aromatic rings. The number of aliphatic hydroxyl groups is 1. The second-order valence-electron chi connectivity index (χ2n) is 8.32. The van der Waals surface area contributed by atoms with Gasteiger partial charge in [0.2, 0.25) is 0 Å². The zero-order valence-corrected chi connectivity index (χ0v) is 19.5. The van der Waals surface area contributed by atoms with Gasteiger partial charge in [0.15, 0.2) is 12.3 Å². The number of aliphatic hydroxyl groups excluding tert-OH is 1. The summed E-state index contributed by atoms with van der Waals surface area (Å²) in [6.07, 6.45) is 2.43. The van der Waals surface area contributed by atoms with E-state index in [4.69, 9.17) is 24.2 Å². The van der Waals surface area contributed by atoms with Gasteiger partial charge < -0.3 is 24.2 Å². The summed E-state index contributed by atoms with van der Waals surface area (Å²) in [5.41, 5.74) is 4.39. The normalized spacial score (nSPS) is 18.2. The number of fused-ring (bicyclic) bond motifs is 1. The molecule has 1 fully saturated rings. The monoisotopic (exact) mass is 488 g/mol. The Kier molecular flexibility index (Phi) is 8.17. The number of amides is 1. The van der Waals surface area contributed by atoms with Gasteiger partial charge in [-0.25, -0.2) is 9.18 Å². The van der Waals surface area contributed by atoms with Gasteiger partial charge in [-0.15, -0.1) is 0 Å². The first kappa shape index (κ1) is 24.9. The number of methoxy groups -OCH3 is 1. The lowest BCUT2D eigenvalue weighted by Crippen LogP contribution is -2.36. The van der Waals surface area contributed by atoms with Crippen LogP contribution >= 0.6 is 0 Å². The molecular formula is C25H29FN2O7. The first-order valence-electron chi connectivity index (χ1n) is 11.6. The molecule has 0 radical (unpaired) electrons. The molecule has 0 spiro atoms. The molecule has 0 aliphatic carbocycles. The van der Waals surface area contributed by atoms with Crippen LogP contribution < -0.4 is 10.2 Å². The highest BCUT2D eigenvalue weighted by Gasteiger charge is 2.41. The number of esters is 1. The zero-order chi connectivity index (χ0) is 24.8. The number of carbonyl (C=O) groups excluding carboxylic acids is 2. The molecule has 0 aromatic heterocycles. The van der Waals surface area contributed by atoms with E-state index in [1.54, 1.807) is 18.2 Å². The van der Waals surface area contributed by atoms with Gasteiger partial charge in [-0.2, -0.15) is 0 Å². The smallest absolute Gasteiger partial charge is 0.333 e. The lowest BCUT2D eigenvalue weighted by atomic mass is 10.0. The number of ether oxygens (including phenoxy) is 3. The van der Waals surface area contributed by atoms with Crippen LogP contribution in [0.25, 0.3) is 0 Å². The molecule has 35 heavy (non-hydrogen) atoms. The Morgan fingerprint density at radius 2 is 2.17 bits per heavy atom. The lowest BCUT2D eigenvalue weighted by Gasteiger charge is -2.29. The Bertz CT molecular complexity index is 1060. The second-order valence-corrected chi connectivity index (χ2v) is 8.32. The van der Waals surface area contributed by atoms with Crippen LogP contribution in [-0.4, -0.2) is 55.1 Å². The van der Waals surface area contributed by atoms with Gasteiger partial charge in [-0.3, -0.25) is 15.1 Å². The zero-order valence-electron chi connectivity index (χ0n) is 19.5. The summed E-state index contributed by atoms with van der Waals surface area (Å²) in [6, 6.07) is 7.85. The predicted octanol–water partition coefficient (Wildman–Crippen LogP) is 3.33. The average Bonchev–Trinajstić information content (AvgIpc) is 3.20. The summed E-state index contributed by atoms with van der Waals surface area (Å²) in [6.45, 7) is 0.885. The first-order chi connectivity index (χ1) is 17.0. The highest BCUT2D eigenvalue weighted by atomic mass is 19.1. The van der Waals surface area contributed by atoms with Crippen LogP contribution in [-0.2, 0) is 25.7 Å². The van der Waals surface area contributed by atoms with Crippen LogP contribution in [0.5, 0.6) is 5.75 Å². The summed E-state index contributed by atoms with van der Waals surface area (Å²) in [5.74, 6) is -1.48. The standard InChI is InChI=1S/C25H29FN2O7/c1-32-25(31)23(18-14-17(26)9-10-20(18)35-21-8-2-3-12-33-21)28-15-16-6-4-7-19(22(16)24(28)30)27-34-13-5-11-29/h4,6-7,9-10,14,21,23,27,29H,2-3,5,8,11-13,15H2,1H3. The van der Waals surface area contributed by atoms with Crippen molar-refractivity contribution < 1.29 is 38.1 Å². The third-order valence-corrected chi connectivity index (χ3v) is 5.95. The molecule has 1 amide bonds. The maximum absolute atomic E-state index is 14.4. The van der Waals surface area contributed by atoms with Crippen molar-refractivity contribution in [3.63, 3.8) is 0 Å². The van der Waals surface area contributed by atoms with Crippen LogP contribution in [0, 0.1) is 5.82 Å². The van der Waals surface area contributed by atoms with E-state index < -0.39 is 30.0 Å². The number of benzene rings is 2. The maximum atomic E-state index is 14.4. The van der Waals surface area contributed by atoms with E-state index in [9.17, 15) is 14.0 Å². The van der Waals surface area contributed by atoms with Crippen molar-refractivity contribution in [1.82, 2.24) is 4.90 Å². The Morgan fingerprint density at radius 1 is 1.31 bits per heavy atom. The third-order valence-electron chi connectivity index (χ3n) is 5.95. The minimum atomic E-state index is -1.24. The van der Waals surface area contributed by atoms with Crippen molar-refractivity contribution in [1.29, 1.82) is 0 Å². The number of rotatable bonds is 10. The number of hydrogen-bond acceptors (Lipinski definition) is 8. The summed E-state index contributed by atoms with van der Waals surface area (Å²) >= 11 is 0. The molecule has 9 nitrogen and oxygen atoms in total. The van der Waals surface area contributed by atoms with Crippen molar-refractivity contribution in [3.8, 4) is 5.75 Å². The fraction of sp³-hybridized carbons (Fsp3) is 0.440. The van der Waals surface area contributed by atoms with Crippen LogP contribution in [0.4, 0.5) is 10.1 Å². The number of halogens is 1.